The number of thioether (sulfide) groups is 1. The minimum atomic E-state index is -0.186. The molecule has 6 heteroatoms. The Balaban J connectivity index is 1.56. The molecule has 0 spiro atoms. The highest BCUT2D eigenvalue weighted by molar-refractivity contribution is 7.99. The molecular weight excluding hydrogens is 334 g/mol. The van der Waals surface area contributed by atoms with Crippen molar-refractivity contribution in [2.75, 3.05) is 44.2 Å². The molecule has 2 saturated heterocycles. The number of amides is 2. The zero-order valence-electron chi connectivity index (χ0n) is 14.7. The standard InChI is InChI=1S/C19H27N3O2S/c23-18(13-20-19(24)16-7-2-1-3-8-16)22-11-6-12-25-15-17(22)14-21-9-4-5-10-21/h1-3,7-8,17H,4-6,9-15H2,(H,20,24). The van der Waals surface area contributed by atoms with E-state index in [-0.39, 0.29) is 24.4 Å². The maximum Gasteiger partial charge on any atom is 0.251 e. The van der Waals surface area contributed by atoms with Crippen LogP contribution in [-0.4, -0.2) is 71.9 Å². The van der Waals surface area contributed by atoms with E-state index in [1.165, 1.54) is 12.8 Å². The Labute approximate surface area is 154 Å². The zero-order valence-corrected chi connectivity index (χ0v) is 15.5. The van der Waals surface area contributed by atoms with Crippen LogP contribution in [0.2, 0.25) is 0 Å². The molecular formula is C19H27N3O2S. The second kappa shape index (κ2) is 9.25. The second-order valence-corrected chi connectivity index (χ2v) is 7.88. The first-order chi connectivity index (χ1) is 12.2. The lowest BCUT2D eigenvalue weighted by Crippen LogP contribution is -2.50. The molecule has 0 aliphatic carbocycles. The molecule has 1 aromatic rings. The van der Waals surface area contributed by atoms with E-state index in [4.69, 9.17) is 0 Å². The lowest BCUT2D eigenvalue weighted by Gasteiger charge is -2.32. The molecule has 2 aliphatic rings. The molecule has 1 atom stereocenters. The van der Waals surface area contributed by atoms with Gasteiger partial charge in [-0.1, -0.05) is 18.2 Å². The first-order valence-corrected chi connectivity index (χ1v) is 10.3. The molecule has 3 rings (SSSR count). The number of carbonyl (C=O) groups is 2. The number of hydrogen-bond donors (Lipinski definition) is 1. The Bertz CT molecular complexity index is 575. The fraction of sp³-hybridized carbons (Fsp3) is 0.579. The van der Waals surface area contributed by atoms with Gasteiger partial charge in [0.1, 0.15) is 0 Å². The summed E-state index contributed by atoms with van der Waals surface area (Å²) in [6.07, 6.45) is 3.56. The second-order valence-electron chi connectivity index (χ2n) is 6.73. The largest absolute Gasteiger partial charge is 0.343 e. The normalized spacial score (nSPS) is 21.8. The number of nitrogens with zero attached hydrogens (tertiary/aromatic N) is 2. The molecule has 2 amide bonds. The number of hydrogen-bond acceptors (Lipinski definition) is 4. The van der Waals surface area contributed by atoms with Crippen LogP contribution >= 0.6 is 11.8 Å². The topological polar surface area (TPSA) is 52.7 Å². The molecule has 0 radical (unpaired) electrons. The van der Waals surface area contributed by atoms with Crippen LogP contribution in [0.4, 0.5) is 0 Å². The van der Waals surface area contributed by atoms with Crippen molar-refractivity contribution < 1.29 is 9.59 Å². The third-order valence-electron chi connectivity index (χ3n) is 4.86. The van der Waals surface area contributed by atoms with E-state index in [1.54, 1.807) is 12.1 Å². The van der Waals surface area contributed by atoms with Crippen LogP contribution in [0.15, 0.2) is 30.3 Å². The van der Waals surface area contributed by atoms with Crippen molar-refractivity contribution in [2.45, 2.75) is 25.3 Å². The average molecular weight is 362 g/mol. The van der Waals surface area contributed by atoms with Gasteiger partial charge in [0, 0.05) is 24.4 Å². The summed E-state index contributed by atoms with van der Waals surface area (Å²) in [5.41, 5.74) is 0.593. The Kier molecular flexibility index (Phi) is 6.76. The molecule has 1 N–H and O–H groups in total. The molecule has 25 heavy (non-hydrogen) atoms. The van der Waals surface area contributed by atoms with Gasteiger partial charge in [-0.3, -0.25) is 9.59 Å². The van der Waals surface area contributed by atoms with Gasteiger partial charge in [-0.2, -0.15) is 11.8 Å². The maximum atomic E-state index is 12.8. The van der Waals surface area contributed by atoms with Gasteiger partial charge in [0.05, 0.1) is 12.6 Å². The van der Waals surface area contributed by atoms with Crippen LogP contribution in [0.3, 0.4) is 0 Å². The van der Waals surface area contributed by atoms with E-state index in [9.17, 15) is 9.59 Å². The number of rotatable bonds is 5. The van der Waals surface area contributed by atoms with Gasteiger partial charge in [0.2, 0.25) is 5.91 Å². The predicted molar refractivity (Wildman–Crippen MR) is 102 cm³/mol. The molecule has 1 unspecified atom stereocenters. The van der Waals surface area contributed by atoms with Gasteiger partial charge in [-0.25, -0.2) is 0 Å². The highest BCUT2D eigenvalue weighted by Gasteiger charge is 2.28. The fourth-order valence-corrected chi connectivity index (χ4v) is 4.58. The smallest absolute Gasteiger partial charge is 0.251 e. The van der Waals surface area contributed by atoms with E-state index < -0.39 is 0 Å². The third kappa shape index (κ3) is 5.22. The van der Waals surface area contributed by atoms with E-state index in [0.29, 0.717) is 5.56 Å². The van der Waals surface area contributed by atoms with Crippen molar-refractivity contribution in [3.8, 4) is 0 Å². The first kappa shape index (κ1) is 18.3. The average Bonchev–Trinajstić information content (AvgIpc) is 3.04. The number of likely N-dealkylation sites (tertiary alicyclic amines) is 1. The lowest BCUT2D eigenvalue weighted by molar-refractivity contribution is -0.132. The maximum absolute atomic E-state index is 12.8. The summed E-state index contributed by atoms with van der Waals surface area (Å²) in [6, 6.07) is 9.31. The highest BCUT2D eigenvalue weighted by Crippen LogP contribution is 2.19. The Morgan fingerprint density at radius 2 is 1.84 bits per heavy atom. The van der Waals surface area contributed by atoms with E-state index in [0.717, 1.165) is 44.1 Å². The summed E-state index contributed by atoms with van der Waals surface area (Å²) >= 11 is 1.94. The predicted octanol–water partition coefficient (Wildman–Crippen LogP) is 1.85. The zero-order chi connectivity index (χ0) is 17.5. The molecule has 0 saturated carbocycles. The summed E-state index contributed by atoms with van der Waals surface area (Å²) in [5.74, 6) is 1.95. The van der Waals surface area contributed by atoms with Crippen molar-refractivity contribution in [3.63, 3.8) is 0 Å². The van der Waals surface area contributed by atoms with Crippen molar-refractivity contribution in [2.24, 2.45) is 0 Å². The quantitative estimate of drug-likeness (QED) is 0.870. The molecule has 1 aromatic carbocycles. The number of nitrogens with one attached hydrogen (secondary N) is 1. The SMILES string of the molecule is O=C(NCC(=O)N1CCCSCC1CN1CCCC1)c1ccccc1. The van der Waals surface area contributed by atoms with Crippen LogP contribution in [0.5, 0.6) is 0 Å². The summed E-state index contributed by atoms with van der Waals surface area (Å²) in [5, 5.41) is 2.78. The van der Waals surface area contributed by atoms with E-state index >= 15 is 0 Å². The number of carbonyl (C=O) groups excluding carboxylic acids is 2. The van der Waals surface area contributed by atoms with Gasteiger partial charge in [0.15, 0.2) is 0 Å². The minimum absolute atomic E-state index is 0.0379. The minimum Gasteiger partial charge on any atom is -0.343 e. The third-order valence-corrected chi connectivity index (χ3v) is 6.06. The molecule has 0 aromatic heterocycles. The fourth-order valence-electron chi connectivity index (χ4n) is 3.52. The van der Waals surface area contributed by atoms with Crippen molar-refractivity contribution in [3.05, 3.63) is 35.9 Å². The van der Waals surface area contributed by atoms with Crippen LogP contribution in [0, 0.1) is 0 Å². The van der Waals surface area contributed by atoms with Crippen molar-refractivity contribution in [1.29, 1.82) is 0 Å². The summed E-state index contributed by atoms with van der Waals surface area (Å²) in [6.45, 7) is 4.13. The monoisotopic (exact) mass is 361 g/mol. The van der Waals surface area contributed by atoms with Gasteiger partial charge in [-0.05, 0) is 50.2 Å². The van der Waals surface area contributed by atoms with Gasteiger partial charge in [-0.15, -0.1) is 0 Å². The molecule has 136 valence electrons. The first-order valence-electron chi connectivity index (χ1n) is 9.17. The van der Waals surface area contributed by atoms with Crippen molar-refractivity contribution >= 4 is 23.6 Å². The Morgan fingerprint density at radius 1 is 1.08 bits per heavy atom. The van der Waals surface area contributed by atoms with Crippen LogP contribution < -0.4 is 5.32 Å². The van der Waals surface area contributed by atoms with E-state index in [2.05, 4.69) is 10.2 Å². The molecule has 2 heterocycles. The van der Waals surface area contributed by atoms with Gasteiger partial charge in [0.25, 0.3) is 5.91 Å². The van der Waals surface area contributed by atoms with Crippen molar-refractivity contribution in [1.82, 2.24) is 15.1 Å². The summed E-state index contributed by atoms with van der Waals surface area (Å²) in [4.78, 5) is 29.4. The molecule has 5 nitrogen and oxygen atoms in total. The molecule has 2 fully saturated rings. The van der Waals surface area contributed by atoms with E-state index in [1.807, 2.05) is 34.9 Å². The van der Waals surface area contributed by atoms with Gasteiger partial charge >= 0.3 is 0 Å². The molecule has 0 bridgehead atoms. The highest BCUT2D eigenvalue weighted by atomic mass is 32.2. The molecule has 2 aliphatic heterocycles. The summed E-state index contributed by atoms with van der Waals surface area (Å²) < 4.78 is 0. The lowest BCUT2D eigenvalue weighted by atomic mass is 10.2. The van der Waals surface area contributed by atoms with Crippen LogP contribution in [0.1, 0.15) is 29.6 Å². The van der Waals surface area contributed by atoms with Crippen LogP contribution in [0.25, 0.3) is 0 Å². The van der Waals surface area contributed by atoms with Crippen LogP contribution in [-0.2, 0) is 4.79 Å². The Morgan fingerprint density at radius 3 is 2.60 bits per heavy atom. The number of benzene rings is 1. The van der Waals surface area contributed by atoms with Gasteiger partial charge < -0.3 is 15.1 Å². The Hall–Kier alpha value is -1.53. The summed E-state index contributed by atoms with van der Waals surface area (Å²) in [7, 11) is 0.